The van der Waals surface area contributed by atoms with E-state index >= 15 is 0 Å². The molecule has 9 nitrogen and oxygen atoms in total. The molecule has 2 rings (SSSR count). The van der Waals surface area contributed by atoms with E-state index in [9.17, 15) is 25.0 Å². The van der Waals surface area contributed by atoms with Gasteiger partial charge in [0.1, 0.15) is 11.6 Å². The van der Waals surface area contributed by atoms with Gasteiger partial charge in [0, 0.05) is 17.7 Å². The van der Waals surface area contributed by atoms with E-state index in [0.717, 1.165) is 4.68 Å². The van der Waals surface area contributed by atoms with Crippen LogP contribution in [0, 0.1) is 28.4 Å². The molecule has 0 radical (unpaired) electrons. The van der Waals surface area contributed by atoms with Gasteiger partial charge in [0.25, 0.3) is 11.2 Å². The Morgan fingerprint density at radius 1 is 1.42 bits per heavy atom. The molecule has 122 valence electrons. The molecule has 0 aliphatic rings. The smallest absolute Gasteiger partial charge is 0.359 e. The largest absolute Gasteiger partial charge is 0.461 e. The van der Waals surface area contributed by atoms with Gasteiger partial charge in [-0.3, -0.25) is 14.9 Å². The molecule has 1 heterocycles. The van der Waals surface area contributed by atoms with E-state index in [0.29, 0.717) is 0 Å². The number of aromatic nitrogens is 2. The number of nitro groups is 1. The van der Waals surface area contributed by atoms with Crippen LogP contribution in [0.25, 0.3) is 5.69 Å². The predicted molar refractivity (Wildman–Crippen MR) is 81.9 cm³/mol. The highest BCUT2D eigenvalue weighted by Crippen LogP contribution is 2.15. The molecule has 0 amide bonds. The van der Waals surface area contributed by atoms with Crippen LogP contribution in [0.15, 0.2) is 29.1 Å². The van der Waals surface area contributed by atoms with Gasteiger partial charge in [-0.05, 0) is 26.0 Å². The molecule has 9 heteroatoms. The van der Waals surface area contributed by atoms with E-state index in [2.05, 4.69) is 5.10 Å². The maximum atomic E-state index is 12.4. The number of esters is 1. The van der Waals surface area contributed by atoms with Crippen molar-refractivity contribution in [1.82, 2.24) is 9.78 Å². The van der Waals surface area contributed by atoms with Crippen LogP contribution in [-0.4, -0.2) is 27.3 Å². The fourth-order valence-corrected chi connectivity index (χ4v) is 2.02. The Hall–Kier alpha value is -3.54. The number of nitrogens with zero attached hydrogens (tertiary/aromatic N) is 4. The standard InChI is InChI=1S/C15H12N4O5/c1-3-24-15(21)13-9(2)12(8-16)14(20)18(17-13)10-4-6-11(7-5-10)19(22)23/h4-7H,3H2,1-2H3. The molecule has 1 aromatic heterocycles. The number of non-ortho nitro benzene ring substituents is 1. The fourth-order valence-electron chi connectivity index (χ4n) is 2.02. The Morgan fingerprint density at radius 2 is 2.04 bits per heavy atom. The first-order valence-corrected chi connectivity index (χ1v) is 6.86. The Kier molecular flexibility index (Phi) is 4.70. The van der Waals surface area contributed by atoms with Crippen molar-refractivity contribution < 1.29 is 14.5 Å². The maximum Gasteiger partial charge on any atom is 0.359 e. The Labute approximate surface area is 135 Å². The second kappa shape index (κ2) is 6.70. The van der Waals surface area contributed by atoms with Crippen molar-refractivity contribution in [2.45, 2.75) is 13.8 Å². The summed E-state index contributed by atoms with van der Waals surface area (Å²) < 4.78 is 5.72. The summed E-state index contributed by atoms with van der Waals surface area (Å²) in [6, 6.07) is 6.75. The summed E-state index contributed by atoms with van der Waals surface area (Å²) in [5, 5.41) is 23.8. The third-order valence-corrected chi connectivity index (χ3v) is 3.22. The van der Waals surface area contributed by atoms with E-state index in [1.54, 1.807) is 13.0 Å². The molecule has 0 atom stereocenters. The van der Waals surface area contributed by atoms with Gasteiger partial charge in [-0.15, -0.1) is 0 Å². The van der Waals surface area contributed by atoms with E-state index < -0.39 is 16.5 Å². The van der Waals surface area contributed by atoms with Crippen LogP contribution in [0.2, 0.25) is 0 Å². The lowest BCUT2D eigenvalue weighted by Crippen LogP contribution is -2.28. The number of benzene rings is 1. The Balaban J connectivity index is 2.68. The van der Waals surface area contributed by atoms with Crippen molar-refractivity contribution in [3.05, 3.63) is 61.6 Å². The Bertz CT molecular complexity index is 909. The number of hydrogen-bond donors (Lipinski definition) is 0. The van der Waals surface area contributed by atoms with Crippen molar-refractivity contribution in [2.75, 3.05) is 6.61 Å². The second-order valence-corrected chi connectivity index (χ2v) is 4.67. The number of carbonyl (C=O) groups is 1. The molecule has 0 spiro atoms. The number of nitro benzene ring substituents is 1. The molecule has 0 aliphatic heterocycles. The minimum Gasteiger partial charge on any atom is -0.461 e. The van der Waals surface area contributed by atoms with Gasteiger partial charge >= 0.3 is 5.97 Å². The van der Waals surface area contributed by atoms with E-state index in [1.165, 1.54) is 31.2 Å². The van der Waals surface area contributed by atoms with E-state index in [4.69, 9.17) is 4.74 Å². The lowest BCUT2D eigenvalue weighted by atomic mass is 10.1. The molecular formula is C15H12N4O5. The topological polar surface area (TPSA) is 128 Å². The quantitative estimate of drug-likeness (QED) is 0.472. The van der Waals surface area contributed by atoms with Crippen LogP contribution >= 0.6 is 0 Å². The zero-order valence-electron chi connectivity index (χ0n) is 12.8. The number of hydrogen-bond acceptors (Lipinski definition) is 7. The SMILES string of the molecule is CCOC(=O)c1nn(-c2ccc([N+](=O)[O-])cc2)c(=O)c(C#N)c1C. The molecular weight excluding hydrogens is 316 g/mol. The third kappa shape index (κ3) is 2.98. The first-order valence-electron chi connectivity index (χ1n) is 6.86. The highest BCUT2D eigenvalue weighted by Gasteiger charge is 2.21. The number of ether oxygens (including phenoxy) is 1. The lowest BCUT2D eigenvalue weighted by Gasteiger charge is -2.10. The van der Waals surface area contributed by atoms with Crippen molar-refractivity contribution in [2.24, 2.45) is 0 Å². The summed E-state index contributed by atoms with van der Waals surface area (Å²) in [4.78, 5) is 34.4. The molecule has 0 unspecified atom stereocenters. The number of rotatable bonds is 4. The third-order valence-electron chi connectivity index (χ3n) is 3.22. The van der Waals surface area contributed by atoms with Crippen LogP contribution in [0.3, 0.4) is 0 Å². The van der Waals surface area contributed by atoms with Gasteiger partial charge in [0.05, 0.1) is 17.2 Å². The summed E-state index contributed by atoms with van der Waals surface area (Å²) in [6.07, 6.45) is 0. The molecule has 1 aromatic carbocycles. The van der Waals surface area contributed by atoms with E-state index in [-0.39, 0.29) is 34.8 Å². The van der Waals surface area contributed by atoms with Crippen LogP contribution in [0.5, 0.6) is 0 Å². The highest BCUT2D eigenvalue weighted by molar-refractivity contribution is 5.89. The van der Waals surface area contributed by atoms with Gasteiger partial charge in [0.2, 0.25) is 0 Å². The van der Waals surface area contributed by atoms with Crippen LogP contribution < -0.4 is 5.56 Å². The molecule has 0 saturated carbocycles. The molecule has 2 aromatic rings. The normalized spacial score (nSPS) is 10.0. The predicted octanol–water partition coefficient (Wildman–Crippen LogP) is 1.50. The zero-order chi connectivity index (χ0) is 17.9. The van der Waals surface area contributed by atoms with Crippen molar-refractivity contribution in [1.29, 1.82) is 5.26 Å². The van der Waals surface area contributed by atoms with Crippen LogP contribution in [0.4, 0.5) is 5.69 Å². The maximum absolute atomic E-state index is 12.4. The molecule has 0 bridgehead atoms. The minimum absolute atomic E-state index is 0.110. The zero-order valence-corrected chi connectivity index (χ0v) is 12.8. The molecule has 0 N–H and O–H groups in total. The van der Waals surface area contributed by atoms with Gasteiger partial charge < -0.3 is 4.74 Å². The summed E-state index contributed by atoms with van der Waals surface area (Å²) in [6.45, 7) is 3.16. The first kappa shape index (κ1) is 16.8. The number of nitriles is 1. The van der Waals surface area contributed by atoms with Gasteiger partial charge in [-0.1, -0.05) is 0 Å². The van der Waals surface area contributed by atoms with Crippen molar-refractivity contribution in [3.8, 4) is 11.8 Å². The molecule has 0 saturated heterocycles. The molecule has 24 heavy (non-hydrogen) atoms. The van der Waals surface area contributed by atoms with Crippen LogP contribution in [-0.2, 0) is 4.74 Å². The van der Waals surface area contributed by atoms with Crippen LogP contribution in [0.1, 0.15) is 28.5 Å². The summed E-state index contributed by atoms with van der Waals surface area (Å²) in [5.74, 6) is -0.762. The monoisotopic (exact) mass is 328 g/mol. The second-order valence-electron chi connectivity index (χ2n) is 4.67. The van der Waals surface area contributed by atoms with Crippen molar-refractivity contribution >= 4 is 11.7 Å². The minimum atomic E-state index is -0.762. The van der Waals surface area contributed by atoms with E-state index in [1.807, 2.05) is 0 Å². The summed E-state index contributed by atoms with van der Waals surface area (Å²) >= 11 is 0. The van der Waals surface area contributed by atoms with Crippen molar-refractivity contribution in [3.63, 3.8) is 0 Å². The highest BCUT2D eigenvalue weighted by atomic mass is 16.6. The fraction of sp³-hybridized carbons (Fsp3) is 0.200. The Morgan fingerprint density at radius 3 is 2.54 bits per heavy atom. The average Bonchev–Trinajstić information content (AvgIpc) is 2.56. The summed E-state index contributed by atoms with van der Waals surface area (Å²) in [7, 11) is 0. The number of carbonyl (C=O) groups excluding carboxylic acids is 1. The van der Waals surface area contributed by atoms with Gasteiger partial charge in [-0.25, -0.2) is 4.79 Å². The lowest BCUT2D eigenvalue weighted by molar-refractivity contribution is -0.384. The average molecular weight is 328 g/mol. The molecule has 0 aliphatic carbocycles. The first-order chi connectivity index (χ1) is 11.4. The molecule has 0 fully saturated rings. The van der Waals surface area contributed by atoms with Gasteiger partial charge in [-0.2, -0.15) is 15.0 Å². The van der Waals surface area contributed by atoms with Gasteiger partial charge in [0.15, 0.2) is 5.69 Å². The summed E-state index contributed by atoms with van der Waals surface area (Å²) in [5.41, 5.74) is -0.980.